The number of carbonyl (C=O) groups excluding carboxylic acids is 1. The molecule has 1 saturated heterocycles. The van der Waals surface area contributed by atoms with Crippen LogP contribution < -0.4 is 10.1 Å². The molecular weight excluding hydrogens is 288 g/mol. The smallest absolute Gasteiger partial charge is 0.257 e. The van der Waals surface area contributed by atoms with Crippen molar-refractivity contribution in [2.45, 2.75) is 32.7 Å². The van der Waals surface area contributed by atoms with Gasteiger partial charge in [0.1, 0.15) is 5.75 Å². The third-order valence-electron chi connectivity index (χ3n) is 3.94. The Morgan fingerprint density at radius 3 is 3.05 bits per heavy atom. The van der Waals surface area contributed by atoms with Crippen LogP contribution in [0.4, 0.5) is 0 Å². The maximum Gasteiger partial charge on any atom is 0.257 e. The molecule has 1 aromatic rings. The minimum Gasteiger partial charge on any atom is -0.484 e. The summed E-state index contributed by atoms with van der Waals surface area (Å²) in [6, 6.07) is 5.86. The van der Waals surface area contributed by atoms with E-state index in [1.54, 1.807) is 12.1 Å². The predicted molar refractivity (Wildman–Crippen MR) is 85.0 cm³/mol. The fraction of sp³-hybridized carbons (Fsp3) is 0.562. The number of benzene rings is 1. The van der Waals surface area contributed by atoms with E-state index in [0.29, 0.717) is 23.4 Å². The average Bonchev–Trinajstić information content (AvgIpc) is 2.94. The van der Waals surface area contributed by atoms with Crippen LogP contribution in [-0.4, -0.2) is 43.1 Å². The molecular formula is C16H23ClN2O2. The lowest BCUT2D eigenvalue weighted by Gasteiger charge is -2.22. The van der Waals surface area contributed by atoms with Gasteiger partial charge in [-0.1, -0.05) is 18.5 Å². The molecule has 1 aromatic carbocycles. The Morgan fingerprint density at radius 2 is 2.33 bits per heavy atom. The summed E-state index contributed by atoms with van der Waals surface area (Å²) in [7, 11) is 0. The Balaban J connectivity index is 1.73. The van der Waals surface area contributed by atoms with Crippen LogP contribution in [0.2, 0.25) is 5.02 Å². The molecule has 1 unspecified atom stereocenters. The van der Waals surface area contributed by atoms with Gasteiger partial charge in [-0.25, -0.2) is 0 Å². The summed E-state index contributed by atoms with van der Waals surface area (Å²) in [5, 5.41) is 3.66. The third kappa shape index (κ3) is 4.61. The van der Waals surface area contributed by atoms with Gasteiger partial charge >= 0.3 is 0 Å². The van der Waals surface area contributed by atoms with Gasteiger partial charge in [-0.15, -0.1) is 0 Å². The van der Waals surface area contributed by atoms with Gasteiger partial charge in [0, 0.05) is 17.6 Å². The van der Waals surface area contributed by atoms with Crippen molar-refractivity contribution in [3.63, 3.8) is 0 Å². The summed E-state index contributed by atoms with van der Waals surface area (Å²) in [6.07, 6.45) is 2.38. The number of carbonyl (C=O) groups is 1. The number of nitrogens with one attached hydrogen (secondary N) is 1. The highest BCUT2D eigenvalue weighted by atomic mass is 35.5. The normalized spacial score (nSPS) is 18.7. The predicted octanol–water partition coefficient (Wildman–Crippen LogP) is 2.63. The number of hydrogen-bond donors (Lipinski definition) is 1. The second-order valence-electron chi connectivity index (χ2n) is 5.43. The van der Waals surface area contributed by atoms with Gasteiger partial charge in [-0.05, 0) is 56.6 Å². The molecule has 1 aliphatic rings. The molecule has 0 aromatic heterocycles. The molecule has 5 heteroatoms. The van der Waals surface area contributed by atoms with Crippen molar-refractivity contribution in [1.29, 1.82) is 0 Å². The van der Waals surface area contributed by atoms with Gasteiger partial charge in [0.25, 0.3) is 5.91 Å². The van der Waals surface area contributed by atoms with Crippen molar-refractivity contribution in [2.75, 3.05) is 26.2 Å². The first-order valence-corrected chi connectivity index (χ1v) is 7.87. The molecule has 1 aliphatic heterocycles. The lowest BCUT2D eigenvalue weighted by Crippen LogP contribution is -2.41. The van der Waals surface area contributed by atoms with Gasteiger partial charge in [0.15, 0.2) is 6.61 Å². The van der Waals surface area contributed by atoms with Gasteiger partial charge in [0.2, 0.25) is 0 Å². The molecule has 0 saturated carbocycles. The summed E-state index contributed by atoms with van der Waals surface area (Å²) in [5.41, 5.74) is 0.944. The van der Waals surface area contributed by atoms with E-state index in [4.69, 9.17) is 16.3 Å². The monoisotopic (exact) mass is 310 g/mol. The van der Waals surface area contributed by atoms with E-state index in [2.05, 4.69) is 17.1 Å². The molecule has 1 atom stereocenters. The fourth-order valence-electron chi connectivity index (χ4n) is 2.68. The lowest BCUT2D eigenvalue weighted by atomic mass is 10.2. The number of nitrogens with zero attached hydrogens (tertiary/aromatic N) is 1. The molecule has 0 spiro atoms. The highest BCUT2D eigenvalue weighted by Crippen LogP contribution is 2.21. The van der Waals surface area contributed by atoms with Crippen LogP contribution in [0.15, 0.2) is 18.2 Å². The zero-order valence-corrected chi connectivity index (χ0v) is 13.4. The molecule has 1 heterocycles. The van der Waals surface area contributed by atoms with Crippen molar-refractivity contribution in [3.8, 4) is 5.75 Å². The second-order valence-corrected chi connectivity index (χ2v) is 5.84. The third-order valence-corrected chi connectivity index (χ3v) is 4.36. The minimum absolute atomic E-state index is 0.0416. The molecule has 1 fully saturated rings. The first kappa shape index (κ1) is 16.1. The number of ether oxygens (including phenoxy) is 1. The zero-order chi connectivity index (χ0) is 15.2. The van der Waals surface area contributed by atoms with Crippen molar-refractivity contribution >= 4 is 17.5 Å². The maximum absolute atomic E-state index is 11.8. The summed E-state index contributed by atoms with van der Waals surface area (Å²) < 4.78 is 5.49. The Kier molecular flexibility index (Phi) is 5.88. The van der Waals surface area contributed by atoms with Gasteiger partial charge in [-0.2, -0.15) is 0 Å². The van der Waals surface area contributed by atoms with Crippen molar-refractivity contribution in [2.24, 2.45) is 0 Å². The number of likely N-dealkylation sites (N-methyl/N-ethyl adjacent to an activating group) is 1. The van der Waals surface area contributed by atoms with Crippen LogP contribution >= 0.6 is 11.6 Å². The fourth-order valence-corrected chi connectivity index (χ4v) is 2.80. The first-order chi connectivity index (χ1) is 10.1. The van der Waals surface area contributed by atoms with E-state index in [1.807, 2.05) is 13.0 Å². The Hall–Kier alpha value is -1.26. The zero-order valence-electron chi connectivity index (χ0n) is 12.7. The molecule has 0 aliphatic carbocycles. The van der Waals surface area contributed by atoms with Crippen molar-refractivity contribution < 1.29 is 9.53 Å². The Morgan fingerprint density at radius 1 is 1.52 bits per heavy atom. The maximum atomic E-state index is 11.8. The number of amides is 1. The molecule has 0 bridgehead atoms. The Bertz CT molecular complexity index is 493. The number of hydrogen-bond acceptors (Lipinski definition) is 3. The summed E-state index contributed by atoms with van der Waals surface area (Å²) in [6.45, 7) is 7.00. The van der Waals surface area contributed by atoms with Crippen LogP contribution in [-0.2, 0) is 4.79 Å². The van der Waals surface area contributed by atoms with E-state index in [1.165, 1.54) is 6.42 Å². The van der Waals surface area contributed by atoms with E-state index in [0.717, 1.165) is 25.1 Å². The largest absolute Gasteiger partial charge is 0.484 e. The van der Waals surface area contributed by atoms with Crippen LogP contribution in [0.1, 0.15) is 25.3 Å². The highest BCUT2D eigenvalue weighted by Gasteiger charge is 2.23. The molecule has 0 radical (unpaired) electrons. The lowest BCUT2D eigenvalue weighted by molar-refractivity contribution is -0.123. The Labute approximate surface area is 131 Å². The van der Waals surface area contributed by atoms with Crippen LogP contribution in [0.5, 0.6) is 5.75 Å². The van der Waals surface area contributed by atoms with Gasteiger partial charge < -0.3 is 10.1 Å². The topological polar surface area (TPSA) is 41.6 Å². The van der Waals surface area contributed by atoms with Gasteiger partial charge in [-0.3, -0.25) is 9.69 Å². The molecule has 1 amide bonds. The molecule has 1 N–H and O–H groups in total. The van der Waals surface area contributed by atoms with Crippen LogP contribution in [0, 0.1) is 6.92 Å². The molecule has 2 rings (SSSR count). The van der Waals surface area contributed by atoms with Gasteiger partial charge in [0.05, 0.1) is 0 Å². The van der Waals surface area contributed by atoms with E-state index < -0.39 is 0 Å². The SMILES string of the molecule is CCN1CCCC1CNC(=O)COc1ccc(Cl)c(C)c1. The first-order valence-electron chi connectivity index (χ1n) is 7.50. The van der Waals surface area contributed by atoms with Crippen LogP contribution in [0.3, 0.4) is 0 Å². The summed E-state index contributed by atoms with van der Waals surface area (Å²) >= 11 is 5.95. The van der Waals surface area contributed by atoms with E-state index in [-0.39, 0.29) is 12.5 Å². The highest BCUT2D eigenvalue weighted by molar-refractivity contribution is 6.31. The summed E-state index contributed by atoms with van der Waals surface area (Å²) in [4.78, 5) is 14.2. The average molecular weight is 311 g/mol. The molecule has 4 nitrogen and oxygen atoms in total. The van der Waals surface area contributed by atoms with E-state index in [9.17, 15) is 4.79 Å². The second kappa shape index (κ2) is 7.66. The number of aryl methyl sites for hydroxylation is 1. The number of halogens is 1. The van der Waals surface area contributed by atoms with Crippen LogP contribution in [0.25, 0.3) is 0 Å². The van der Waals surface area contributed by atoms with Crippen molar-refractivity contribution in [1.82, 2.24) is 10.2 Å². The summed E-state index contributed by atoms with van der Waals surface area (Å²) in [5.74, 6) is 0.591. The number of likely N-dealkylation sites (tertiary alicyclic amines) is 1. The number of rotatable bonds is 6. The minimum atomic E-state index is -0.0782. The molecule has 116 valence electrons. The quantitative estimate of drug-likeness (QED) is 0.878. The standard InChI is InChI=1S/C16H23ClN2O2/c1-3-19-8-4-5-13(19)10-18-16(20)11-21-14-6-7-15(17)12(2)9-14/h6-7,9,13H,3-5,8,10-11H2,1-2H3,(H,18,20). The molecule has 21 heavy (non-hydrogen) atoms. The van der Waals surface area contributed by atoms with E-state index >= 15 is 0 Å². The van der Waals surface area contributed by atoms with Crippen molar-refractivity contribution in [3.05, 3.63) is 28.8 Å².